The smallest absolute Gasteiger partial charge is 0.154 e. The molecule has 0 heterocycles. The van der Waals surface area contributed by atoms with Gasteiger partial charge in [0.15, 0.2) is 5.82 Å². The van der Waals surface area contributed by atoms with Crippen LogP contribution in [0.2, 0.25) is 0 Å². The Balaban J connectivity index is 3.48. The van der Waals surface area contributed by atoms with Crippen molar-refractivity contribution in [3.63, 3.8) is 0 Å². The Morgan fingerprint density at radius 1 is 1.54 bits per heavy atom. The van der Waals surface area contributed by atoms with Crippen LogP contribution in [0.3, 0.4) is 0 Å². The van der Waals surface area contributed by atoms with Crippen LogP contribution in [0.5, 0.6) is 0 Å². The molecule has 0 radical (unpaired) electrons. The summed E-state index contributed by atoms with van der Waals surface area (Å²) < 4.78 is 26.1. The van der Waals surface area contributed by atoms with Gasteiger partial charge in [-0.1, -0.05) is 0 Å². The van der Waals surface area contributed by atoms with E-state index in [1.165, 1.54) is 6.07 Å². The Hall–Kier alpha value is -0.740. The van der Waals surface area contributed by atoms with Crippen LogP contribution in [-0.4, -0.2) is 5.11 Å². The Morgan fingerprint density at radius 2 is 2.15 bits per heavy atom. The molecule has 1 rings (SSSR count). The second kappa shape index (κ2) is 3.98. The second-order valence-corrected chi connectivity index (χ2v) is 3.36. The van der Waals surface area contributed by atoms with E-state index in [0.717, 1.165) is 6.07 Å². The van der Waals surface area contributed by atoms with Gasteiger partial charge >= 0.3 is 0 Å². The van der Waals surface area contributed by atoms with Gasteiger partial charge in [-0.15, -0.1) is 0 Å². The number of rotatable bonds is 1. The van der Waals surface area contributed by atoms with Crippen molar-refractivity contribution in [2.75, 3.05) is 0 Å². The number of nitriles is 1. The molecular weight excluding hydrogens is 291 g/mol. The first kappa shape index (κ1) is 10.3. The average Bonchev–Trinajstić information content (AvgIpc) is 2.12. The zero-order valence-electron chi connectivity index (χ0n) is 6.31. The van der Waals surface area contributed by atoms with Crippen molar-refractivity contribution < 1.29 is 13.9 Å². The van der Waals surface area contributed by atoms with Gasteiger partial charge < -0.3 is 5.11 Å². The highest BCUT2D eigenvalue weighted by atomic mass is 127. The fraction of sp³-hybridized carbons (Fsp3) is 0.125. The summed E-state index contributed by atoms with van der Waals surface area (Å²) in [6.07, 6.45) is 0. The average molecular weight is 295 g/mol. The molecular formula is C8H4F2INO. The maximum absolute atomic E-state index is 13.1. The third kappa shape index (κ3) is 1.78. The Kier molecular flexibility index (Phi) is 3.17. The lowest BCUT2D eigenvalue weighted by Gasteiger charge is -2.04. The monoisotopic (exact) mass is 295 g/mol. The van der Waals surface area contributed by atoms with E-state index in [1.807, 2.05) is 0 Å². The molecule has 0 amide bonds. The van der Waals surface area contributed by atoms with Crippen LogP contribution in [0.15, 0.2) is 6.07 Å². The quantitative estimate of drug-likeness (QED) is 0.635. The number of hydrogen-bond donors (Lipinski definition) is 1. The van der Waals surface area contributed by atoms with Crippen LogP contribution in [0.1, 0.15) is 11.1 Å². The van der Waals surface area contributed by atoms with Crippen molar-refractivity contribution in [2.45, 2.75) is 6.61 Å². The molecule has 13 heavy (non-hydrogen) atoms. The molecule has 0 spiro atoms. The van der Waals surface area contributed by atoms with E-state index in [9.17, 15) is 8.78 Å². The minimum atomic E-state index is -0.784. The van der Waals surface area contributed by atoms with Gasteiger partial charge in [-0.05, 0) is 28.7 Å². The third-order valence-electron chi connectivity index (χ3n) is 1.53. The lowest BCUT2D eigenvalue weighted by molar-refractivity contribution is 0.273. The molecule has 0 unspecified atom stereocenters. The van der Waals surface area contributed by atoms with E-state index < -0.39 is 18.2 Å². The summed E-state index contributed by atoms with van der Waals surface area (Å²) in [6, 6.07) is 2.31. The van der Waals surface area contributed by atoms with E-state index in [4.69, 9.17) is 10.4 Å². The summed E-state index contributed by atoms with van der Waals surface area (Å²) in [5.41, 5.74) is -0.462. The predicted molar refractivity (Wildman–Crippen MR) is 49.7 cm³/mol. The van der Waals surface area contributed by atoms with Gasteiger partial charge in [-0.2, -0.15) is 5.26 Å². The lowest BCUT2D eigenvalue weighted by atomic mass is 10.1. The predicted octanol–water partition coefficient (Wildman–Crippen LogP) is 1.93. The lowest BCUT2D eigenvalue weighted by Crippen LogP contribution is -2.00. The van der Waals surface area contributed by atoms with Crippen molar-refractivity contribution in [1.82, 2.24) is 0 Å². The van der Waals surface area contributed by atoms with Crippen molar-refractivity contribution >= 4 is 22.6 Å². The van der Waals surface area contributed by atoms with Gasteiger partial charge in [-0.3, -0.25) is 0 Å². The molecule has 5 heteroatoms. The third-order valence-corrected chi connectivity index (χ3v) is 2.66. The highest BCUT2D eigenvalue weighted by Crippen LogP contribution is 2.22. The zero-order chi connectivity index (χ0) is 10.0. The summed E-state index contributed by atoms with van der Waals surface area (Å²) in [7, 11) is 0. The van der Waals surface area contributed by atoms with Crippen LogP contribution in [0.4, 0.5) is 8.78 Å². The van der Waals surface area contributed by atoms with Crippen molar-refractivity contribution in [2.24, 2.45) is 0 Å². The van der Waals surface area contributed by atoms with Crippen molar-refractivity contribution in [3.8, 4) is 6.07 Å². The van der Waals surface area contributed by atoms with E-state index in [2.05, 4.69) is 0 Å². The summed E-state index contributed by atoms with van der Waals surface area (Å²) >= 11 is 1.55. The first-order chi connectivity index (χ1) is 6.11. The van der Waals surface area contributed by atoms with Crippen molar-refractivity contribution in [3.05, 3.63) is 32.4 Å². The van der Waals surface area contributed by atoms with E-state index in [0.29, 0.717) is 0 Å². The first-order valence-electron chi connectivity index (χ1n) is 3.29. The van der Waals surface area contributed by atoms with Gasteiger partial charge in [0.1, 0.15) is 11.9 Å². The minimum absolute atomic E-state index is 0.0448. The maximum atomic E-state index is 13.1. The normalized spacial score (nSPS) is 9.77. The van der Waals surface area contributed by atoms with Crippen LogP contribution in [0, 0.1) is 26.5 Å². The summed E-state index contributed by atoms with van der Waals surface area (Å²) in [5, 5.41) is 17.1. The van der Waals surface area contributed by atoms with Gasteiger partial charge in [0.2, 0.25) is 0 Å². The number of aliphatic hydroxyl groups excluding tert-OH is 1. The fourth-order valence-corrected chi connectivity index (χ4v) is 1.58. The van der Waals surface area contributed by atoms with Gasteiger partial charge in [0, 0.05) is 5.56 Å². The number of halogens is 3. The van der Waals surface area contributed by atoms with Crippen molar-refractivity contribution in [1.29, 1.82) is 5.26 Å². The molecule has 0 aliphatic heterocycles. The Morgan fingerprint density at radius 3 is 2.62 bits per heavy atom. The standard InChI is InChI=1S/C8H4F2INO/c9-6-1-4(2-12)7(10)8(11)5(6)3-13/h1,13H,3H2. The van der Waals surface area contributed by atoms with Crippen LogP contribution >= 0.6 is 22.6 Å². The molecule has 0 fully saturated rings. The van der Waals surface area contributed by atoms with Gasteiger partial charge in [-0.25, -0.2) is 8.78 Å². The maximum Gasteiger partial charge on any atom is 0.154 e. The molecule has 1 N–H and O–H groups in total. The van der Waals surface area contributed by atoms with Crippen LogP contribution in [-0.2, 0) is 6.61 Å². The Bertz CT molecular complexity index is 383. The molecule has 0 saturated carbocycles. The van der Waals surface area contributed by atoms with E-state index >= 15 is 0 Å². The Labute approximate surface area is 86.9 Å². The summed E-state index contributed by atoms with van der Waals surface area (Å²) in [5.74, 6) is -1.54. The van der Waals surface area contributed by atoms with Crippen LogP contribution < -0.4 is 0 Å². The number of aliphatic hydroxyl groups is 1. The highest BCUT2D eigenvalue weighted by Gasteiger charge is 2.15. The molecule has 0 atom stereocenters. The fourth-order valence-electron chi connectivity index (χ4n) is 0.859. The molecule has 68 valence electrons. The van der Waals surface area contributed by atoms with E-state index in [1.54, 1.807) is 22.6 Å². The number of benzene rings is 1. The minimum Gasteiger partial charge on any atom is -0.392 e. The molecule has 0 aromatic heterocycles. The molecule has 1 aromatic rings. The summed E-state index contributed by atoms with van der Waals surface area (Å²) in [6.45, 7) is -0.577. The first-order valence-corrected chi connectivity index (χ1v) is 4.37. The zero-order valence-corrected chi connectivity index (χ0v) is 8.47. The molecule has 0 aliphatic rings. The molecule has 1 aromatic carbocycles. The summed E-state index contributed by atoms with van der Waals surface area (Å²) in [4.78, 5) is 0. The molecule has 0 aliphatic carbocycles. The number of nitrogens with zero attached hydrogens (tertiary/aromatic N) is 1. The number of hydrogen-bond acceptors (Lipinski definition) is 2. The van der Waals surface area contributed by atoms with Gasteiger partial charge in [0.05, 0.1) is 15.7 Å². The highest BCUT2D eigenvalue weighted by molar-refractivity contribution is 14.1. The second-order valence-electron chi connectivity index (χ2n) is 2.28. The topological polar surface area (TPSA) is 44.0 Å². The van der Waals surface area contributed by atoms with Gasteiger partial charge in [0.25, 0.3) is 0 Å². The van der Waals surface area contributed by atoms with E-state index in [-0.39, 0.29) is 14.7 Å². The largest absolute Gasteiger partial charge is 0.392 e. The molecule has 0 bridgehead atoms. The SMILES string of the molecule is N#Cc1cc(F)c(CO)c(I)c1F. The molecule has 0 saturated heterocycles. The molecule has 2 nitrogen and oxygen atoms in total. The van der Waals surface area contributed by atoms with Crippen LogP contribution in [0.25, 0.3) is 0 Å².